The van der Waals surface area contributed by atoms with Crippen molar-refractivity contribution in [2.75, 3.05) is 18.0 Å². The van der Waals surface area contributed by atoms with Crippen LogP contribution in [-0.2, 0) is 0 Å². The number of benzene rings is 1. The van der Waals surface area contributed by atoms with Gasteiger partial charge in [0.05, 0.1) is 10.2 Å². The molecule has 0 radical (unpaired) electrons. The second kappa shape index (κ2) is 5.53. The molecule has 2 rings (SSSR count). The summed E-state index contributed by atoms with van der Waals surface area (Å²) in [5, 5.41) is 3.44. The molecule has 5 heteroatoms. The van der Waals surface area contributed by atoms with E-state index in [1.54, 1.807) is 0 Å². The van der Waals surface area contributed by atoms with Gasteiger partial charge >= 0.3 is 0 Å². The first-order valence-electron chi connectivity index (χ1n) is 6.13. The lowest BCUT2D eigenvalue weighted by atomic mass is 10.2. The molecule has 0 spiro atoms. The summed E-state index contributed by atoms with van der Waals surface area (Å²) in [5.41, 5.74) is 0.469. The third-order valence-electron chi connectivity index (χ3n) is 3.09. The number of rotatable bonds is 3. The van der Waals surface area contributed by atoms with Crippen LogP contribution >= 0.6 is 15.9 Å². The second-order valence-corrected chi connectivity index (χ2v) is 5.83. The van der Waals surface area contributed by atoms with Crippen molar-refractivity contribution < 1.29 is 8.78 Å². The first-order chi connectivity index (χ1) is 8.47. The highest BCUT2D eigenvalue weighted by molar-refractivity contribution is 9.10. The molecule has 1 saturated heterocycles. The van der Waals surface area contributed by atoms with Gasteiger partial charge in [-0.15, -0.1) is 0 Å². The summed E-state index contributed by atoms with van der Waals surface area (Å²) in [7, 11) is 0. The summed E-state index contributed by atoms with van der Waals surface area (Å²) in [5.74, 6) is -1.06. The van der Waals surface area contributed by atoms with E-state index < -0.39 is 11.6 Å². The minimum atomic E-state index is -0.563. The van der Waals surface area contributed by atoms with Crippen LogP contribution in [0.2, 0.25) is 0 Å². The van der Waals surface area contributed by atoms with Crippen molar-refractivity contribution in [2.24, 2.45) is 0 Å². The van der Waals surface area contributed by atoms with Crippen LogP contribution in [0, 0.1) is 11.6 Å². The molecule has 1 N–H and O–H groups in total. The monoisotopic (exact) mass is 318 g/mol. The zero-order chi connectivity index (χ0) is 13.3. The van der Waals surface area contributed by atoms with Crippen LogP contribution in [0.25, 0.3) is 0 Å². The number of hydrogen-bond acceptors (Lipinski definition) is 2. The van der Waals surface area contributed by atoms with Crippen molar-refractivity contribution >= 4 is 21.6 Å². The molecule has 0 amide bonds. The molecule has 0 aromatic heterocycles. The second-order valence-electron chi connectivity index (χ2n) is 4.97. The van der Waals surface area contributed by atoms with Gasteiger partial charge in [0.1, 0.15) is 11.6 Å². The SMILES string of the molecule is CC(C)NC1CCN(c2cc(Br)c(F)cc2F)C1. The van der Waals surface area contributed by atoms with Crippen LogP contribution in [0.3, 0.4) is 0 Å². The number of nitrogens with one attached hydrogen (secondary N) is 1. The average Bonchev–Trinajstić information content (AvgIpc) is 2.70. The molecule has 1 atom stereocenters. The van der Waals surface area contributed by atoms with Crippen LogP contribution in [0.5, 0.6) is 0 Å². The highest BCUT2D eigenvalue weighted by Gasteiger charge is 2.25. The van der Waals surface area contributed by atoms with Crippen molar-refractivity contribution in [3.05, 3.63) is 28.2 Å². The summed E-state index contributed by atoms with van der Waals surface area (Å²) in [6.45, 7) is 5.74. The average molecular weight is 319 g/mol. The molecular weight excluding hydrogens is 302 g/mol. The Labute approximate surface area is 114 Å². The quantitative estimate of drug-likeness (QED) is 0.860. The van der Waals surface area contributed by atoms with Crippen molar-refractivity contribution in [3.63, 3.8) is 0 Å². The molecule has 0 bridgehead atoms. The van der Waals surface area contributed by atoms with Gasteiger partial charge in [0.2, 0.25) is 0 Å². The molecule has 1 aliphatic rings. The summed E-state index contributed by atoms with van der Waals surface area (Å²) in [6.07, 6.45) is 0.979. The van der Waals surface area contributed by atoms with Gasteiger partial charge in [-0.2, -0.15) is 0 Å². The molecule has 1 aromatic carbocycles. The Morgan fingerprint density at radius 1 is 1.33 bits per heavy atom. The van der Waals surface area contributed by atoms with Crippen LogP contribution in [0.15, 0.2) is 16.6 Å². The van der Waals surface area contributed by atoms with Crippen molar-refractivity contribution in [1.82, 2.24) is 5.32 Å². The topological polar surface area (TPSA) is 15.3 Å². The molecule has 100 valence electrons. The largest absolute Gasteiger partial charge is 0.368 e. The molecule has 0 aliphatic carbocycles. The van der Waals surface area contributed by atoms with E-state index in [2.05, 4.69) is 35.1 Å². The fourth-order valence-electron chi connectivity index (χ4n) is 2.34. The van der Waals surface area contributed by atoms with Gasteiger partial charge in [-0.1, -0.05) is 13.8 Å². The third-order valence-corrected chi connectivity index (χ3v) is 3.70. The maximum atomic E-state index is 13.7. The number of nitrogens with zero attached hydrogens (tertiary/aromatic N) is 1. The molecular formula is C13H17BrF2N2. The third kappa shape index (κ3) is 3.01. The van der Waals surface area contributed by atoms with Gasteiger partial charge in [0.25, 0.3) is 0 Å². The predicted octanol–water partition coefficient (Wildman–Crippen LogP) is 3.30. The van der Waals surface area contributed by atoms with Crippen LogP contribution in [0.1, 0.15) is 20.3 Å². The standard InChI is InChI=1S/C13H17BrF2N2/c1-8(2)17-9-3-4-18(7-9)13-5-10(14)11(15)6-12(13)16/h5-6,8-9,17H,3-4,7H2,1-2H3. The smallest absolute Gasteiger partial charge is 0.149 e. The summed E-state index contributed by atoms with van der Waals surface area (Å²) < 4.78 is 27.2. The maximum Gasteiger partial charge on any atom is 0.149 e. The van der Waals surface area contributed by atoms with Gasteiger partial charge in [0.15, 0.2) is 0 Å². The lowest BCUT2D eigenvalue weighted by Gasteiger charge is -2.21. The minimum absolute atomic E-state index is 0.305. The predicted molar refractivity (Wildman–Crippen MR) is 72.9 cm³/mol. The summed E-state index contributed by atoms with van der Waals surface area (Å²) in [6, 6.07) is 3.23. The number of halogens is 3. The molecule has 0 saturated carbocycles. The highest BCUT2D eigenvalue weighted by Crippen LogP contribution is 2.29. The lowest BCUT2D eigenvalue weighted by molar-refractivity contribution is 0.491. The normalized spacial score (nSPS) is 19.9. The fourth-order valence-corrected chi connectivity index (χ4v) is 2.67. The Morgan fingerprint density at radius 3 is 2.72 bits per heavy atom. The van der Waals surface area contributed by atoms with Crippen molar-refractivity contribution in [3.8, 4) is 0 Å². The minimum Gasteiger partial charge on any atom is -0.368 e. The van der Waals surface area contributed by atoms with Gasteiger partial charge in [-0.05, 0) is 28.4 Å². The molecule has 1 aromatic rings. The van der Waals surface area contributed by atoms with E-state index in [9.17, 15) is 8.78 Å². The Morgan fingerprint density at radius 2 is 2.06 bits per heavy atom. The Kier molecular flexibility index (Phi) is 4.22. The highest BCUT2D eigenvalue weighted by atomic mass is 79.9. The van der Waals surface area contributed by atoms with E-state index >= 15 is 0 Å². The fraction of sp³-hybridized carbons (Fsp3) is 0.538. The van der Waals surface area contributed by atoms with Crippen LogP contribution in [0.4, 0.5) is 14.5 Å². The molecule has 2 nitrogen and oxygen atoms in total. The molecule has 1 aliphatic heterocycles. The zero-order valence-corrected chi connectivity index (χ0v) is 12.1. The Bertz CT molecular complexity index is 437. The maximum absolute atomic E-state index is 13.7. The number of anilines is 1. The molecule has 1 unspecified atom stereocenters. The van der Waals surface area contributed by atoms with Crippen molar-refractivity contribution in [2.45, 2.75) is 32.4 Å². The number of hydrogen-bond donors (Lipinski definition) is 1. The first-order valence-corrected chi connectivity index (χ1v) is 6.92. The van der Waals surface area contributed by atoms with E-state index in [1.165, 1.54) is 6.07 Å². The van der Waals surface area contributed by atoms with E-state index in [0.717, 1.165) is 25.6 Å². The zero-order valence-electron chi connectivity index (χ0n) is 10.5. The van der Waals surface area contributed by atoms with E-state index in [-0.39, 0.29) is 0 Å². The van der Waals surface area contributed by atoms with Gasteiger partial charge in [-0.3, -0.25) is 0 Å². The first kappa shape index (κ1) is 13.7. The van der Waals surface area contributed by atoms with Crippen LogP contribution in [-0.4, -0.2) is 25.2 Å². The van der Waals surface area contributed by atoms with Gasteiger partial charge in [0, 0.05) is 31.2 Å². The lowest BCUT2D eigenvalue weighted by Crippen LogP contribution is -2.37. The molecule has 1 heterocycles. The van der Waals surface area contributed by atoms with Gasteiger partial charge < -0.3 is 10.2 Å². The van der Waals surface area contributed by atoms with E-state index in [4.69, 9.17) is 0 Å². The van der Waals surface area contributed by atoms with Crippen molar-refractivity contribution in [1.29, 1.82) is 0 Å². The van der Waals surface area contributed by atoms with Gasteiger partial charge in [-0.25, -0.2) is 8.78 Å². The summed E-state index contributed by atoms with van der Waals surface area (Å²) >= 11 is 3.10. The molecule has 1 fully saturated rings. The Hall–Kier alpha value is -0.680. The summed E-state index contributed by atoms with van der Waals surface area (Å²) in [4.78, 5) is 1.96. The van der Waals surface area contributed by atoms with E-state index in [0.29, 0.717) is 22.2 Å². The van der Waals surface area contributed by atoms with E-state index in [1.807, 2.05) is 4.90 Å². The van der Waals surface area contributed by atoms with Crippen LogP contribution < -0.4 is 10.2 Å². The molecule has 18 heavy (non-hydrogen) atoms. The Balaban J connectivity index is 2.12.